The van der Waals surface area contributed by atoms with Gasteiger partial charge in [0.1, 0.15) is 0 Å². The quantitative estimate of drug-likeness (QED) is 0.689. The van der Waals surface area contributed by atoms with Crippen LogP contribution in [0.5, 0.6) is 0 Å². The molecule has 0 aromatic heterocycles. The number of carbonyl (C=O) groups is 2. The molecule has 0 bridgehead atoms. The Bertz CT molecular complexity index is 940. The molecule has 2 saturated heterocycles. The van der Waals surface area contributed by atoms with E-state index in [1.807, 2.05) is 47.0 Å². The number of benzene rings is 2. The van der Waals surface area contributed by atoms with Crippen molar-refractivity contribution in [3.63, 3.8) is 0 Å². The highest BCUT2D eigenvalue weighted by Gasteiger charge is 2.48. The predicted molar refractivity (Wildman–Crippen MR) is 123 cm³/mol. The van der Waals surface area contributed by atoms with Gasteiger partial charge in [0.25, 0.3) is 5.91 Å². The van der Waals surface area contributed by atoms with Crippen molar-refractivity contribution in [2.75, 3.05) is 25.4 Å². The Hall–Kier alpha value is -2.01. The van der Waals surface area contributed by atoms with E-state index >= 15 is 0 Å². The normalized spacial score (nSPS) is 22.0. The fourth-order valence-electron chi connectivity index (χ4n) is 5.55. The fourth-order valence-corrected chi connectivity index (χ4v) is 7.01. The van der Waals surface area contributed by atoms with Crippen molar-refractivity contribution < 1.29 is 9.59 Å². The smallest absolute Gasteiger partial charge is 0.254 e. The number of hydrogen-bond donors (Lipinski definition) is 0. The molecule has 3 fully saturated rings. The molecule has 2 aromatic carbocycles. The van der Waals surface area contributed by atoms with Crippen molar-refractivity contribution in [1.29, 1.82) is 0 Å². The second-order valence-corrected chi connectivity index (χ2v) is 10.4. The summed E-state index contributed by atoms with van der Waals surface area (Å²) in [5.74, 6) is 1.75. The molecule has 4 nitrogen and oxygen atoms in total. The Morgan fingerprint density at radius 1 is 0.900 bits per heavy atom. The molecule has 2 heterocycles. The molecule has 2 aromatic rings. The summed E-state index contributed by atoms with van der Waals surface area (Å²) in [6, 6.07) is 14.1. The zero-order valence-electron chi connectivity index (χ0n) is 17.5. The van der Waals surface area contributed by atoms with Crippen LogP contribution in [0.15, 0.2) is 42.5 Å². The van der Waals surface area contributed by atoms with Crippen LogP contribution in [-0.2, 0) is 4.79 Å². The third kappa shape index (κ3) is 3.51. The maximum atomic E-state index is 13.3. The number of thioether (sulfide) groups is 1. The molecule has 2 aliphatic heterocycles. The lowest BCUT2D eigenvalue weighted by Crippen LogP contribution is -2.55. The first kappa shape index (κ1) is 19.9. The Kier molecular flexibility index (Phi) is 5.48. The highest BCUT2D eigenvalue weighted by Crippen LogP contribution is 2.45. The molecule has 2 amide bonds. The first-order valence-corrected chi connectivity index (χ1v) is 12.4. The summed E-state index contributed by atoms with van der Waals surface area (Å²) in [6.45, 7) is 2.32. The minimum atomic E-state index is -0.0932. The van der Waals surface area contributed by atoms with Crippen LogP contribution < -0.4 is 0 Å². The number of rotatable bonds is 2. The van der Waals surface area contributed by atoms with Crippen LogP contribution in [0.4, 0.5) is 0 Å². The lowest BCUT2D eigenvalue weighted by molar-refractivity contribution is -0.140. The molecule has 0 atom stereocenters. The van der Waals surface area contributed by atoms with Crippen molar-refractivity contribution >= 4 is 34.3 Å². The van der Waals surface area contributed by atoms with E-state index in [4.69, 9.17) is 0 Å². The summed E-state index contributed by atoms with van der Waals surface area (Å²) in [4.78, 5) is 30.7. The van der Waals surface area contributed by atoms with E-state index < -0.39 is 0 Å². The van der Waals surface area contributed by atoms with E-state index in [1.165, 1.54) is 19.3 Å². The number of hydrogen-bond acceptors (Lipinski definition) is 3. The van der Waals surface area contributed by atoms with Crippen molar-refractivity contribution in [3.8, 4) is 0 Å². The number of carbonyl (C=O) groups excluding carboxylic acids is 2. The van der Waals surface area contributed by atoms with Crippen LogP contribution >= 0.6 is 11.8 Å². The lowest BCUT2D eigenvalue weighted by Gasteiger charge is -2.45. The Morgan fingerprint density at radius 2 is 1.63 bits per heavy atom. The Labute approximate surface area is 183 Å². The van der Waals surface area contributed by atoms with Gasteiger partial charge in [-0.1, -0.05) is 55.7 Å². The summed E-state index contributed by atoms with van der Waals surface area (Å²) < 4.78 is 0. The highest BCUT2D eigenvalue weighted by molar-refractivity contribution is 8.00. The lowest BCUT2D eigenvalue weighted by atomic mass is 9.87. The standard InChI is InChI=1S/C25H30N2O2S/c28-23(20-8-2-1-3-9-20)27-17-18-30-25(27)13-15-26(16-14-25)24(29)22-12-6-10-19-7-4-5-11-21(19)22/h4-7,10-12,20H,1-3,8-9,13-18H2. The second-order valence-electron chi connectivity index (χ2n) is 8.94. The van der Waals surface area contributed by atoms with Gasteiger partial charge in [-0.25, -0.2) is 0 Å². The van der Waals surface area contributed by atoms with Crippen LogP contribution in [0, 0.1) is 5.92 Å². The summed E-state index contributed by atoms with van der Waals surface area (Å²) in [5, 5.41) is 2.13. The van der Waals surface area contributed by atoms with Crippen molar-refractivity contribution in [2.24, 2.45) is 5.92 Å². The van der Waals surface area contributed by atoms with Crippen molar-refractivity contribution in [2.45, 2.75) is 49.8 Å². The van der Waals surface area contributed by atoms with Crippen molar-refractivity contribution in [1.82, 2.24) is 9.80 Å². The molecule has 5 heteroatoms. The van der Waals surface area contributed by atoms with E-state index in [2.05, 4.69) is 17.0 Å². The fraction of sp³-hybridized carbons (Fsp3) is 0.520. The van der Waals surface area contributed by atoms with Gasteiger partial charge in [-0.2, -0.15) is 0 Å². The molecular formula is C25H30N2O2S. The van der Waals surface area contributed by atoms with Crippen molar-refractivity contribution in [3.05, 3.63) is 48.0 Å². The van der Waals surface area contributed by atoms with E-state index in [0.717, 1.165) is 67.4 Å². The summed E-state index contributed by atoms with van der Waals surface area (Å²) >= 11 is 1.95. The zero-order valence-corrected chi connectivity index (χ0v) is 18.3. The molecule has 0 radical (unpaired) electrons. The van der Waals surface area contributed by atoms with Gasteiger partial charge in [0.15, 0.2) is 0 Å². The molecule has 30 heavy (non-hydrogen) atoms. The van der Waals surface area contributed by atoms with Crippen LogP contribution in [-0.4, -0.2) is 51.9 Å². The Balaban J connectivity index is 1.30. The molecular weight excluding hydrogens is 392 g/mol. The summed E-state index contributed by atoms with van der Waals surface area (Å²) in [5.41, 5.74) is 0.790. The minimum Gasteiger partial charge on any atom is -0.338 e. The van der Waals surface area contributed by atoms with Gasteiger partial charge >= 0.3 is 0 Å². The topological polar surface area (TPSA) is 40.6 Å². The predicted octanol–water partition coefficient (Wildman–Crippen LogP) is 4.93. The second kappa shape index (κ2) is 8.26. The number of likely N-dealkylation sites (tertiary alicyclic amines) is 1. The third-order valence-electron chi connectivity index (χ3n) is 7.25. The number of amides is 2. The molecule has 0 N–H and O–H groups in total. The highest BCUT2D eigenvalue weighted by atomic mass is 32.2. The zero-order chi connectivity index (χ0) is 20.6. The maximum Gasteiger partial charge on any atom is 0.254 e. The van der Waals surface area contributed by atoms with Gasteiger partial charge < -0.3 is 9.80 Å². The van der Waals surface area contributed by atoms with Crippen LogP contribution in [0.2, 0.25) is 0 Å². The summed E-state index contributed by atoms with van der Waals surface area (Å²) in [7, 11) is 0. The molecule has 1 saturated carbocycles. The number of nitrogens with zero attached hydrogens (tertiary/aromatic N) is 2. The average Bonchev–Trinajstić information content (AvgIpc) is 3.21. The monoisotopic (exact) mass is 422 g/mol. The first-order chi connectivity index (χ1) is 14.7. The SMILES string of the molecule is O=C(c1cccc2ccccc12)N1CCC2(CC1)SCCN2C(=O)C1CCCCC1. The Morgan fingerprint density at radius 3 is 2.43 bits per heavy atom. The van der Waals surface area contributed by atoms with Gasteiger partial charge in [0.05, 0.1) is 4.87 Å². The van der Waals surface area contributed by atoms with Gasteiger partial charge in [0, 0.05) is 36.9 Å². The largest absolute Gasteiger partial charge is 0.338 e. The van der Waals surface area contributed by atoms with E-state index in [9.17, 15) is 9.59 Å². The first-order valence-electron chi connectivity index (χ1n) is 11.4. The van der Waals surface area contributed by atoms with Gasteiger partial charge in [0.2, 0.25) is 5.91 Å². The number of piperidine rings is 1. The minimum absolute atomic E-state index is 0.0932. The van der Waals surface area contributed by atoms with E-state index in [1.54, 1.807) is 0 Å². The molecule has 3 aliphatic rings. The molecule has 0 unspecified atom stereocenters. The third-order valence-corrected chi connectivity index (χ3v) is 8.80. The van der Waals surface area contributed by atoms with Gasteiger partial charge in [-0.15, -0.1) is 11.8 Å². The van der Waals surface area contributed by atoms with Crippen LogP contribution in [0.3, 0.4) is 0 Å². The van der Waals surface area contributed by atoms with Gasteiger partial charge in [-0.3, -0.25) is 9.59 Å². The number of fused-ring (bicyclic) bond motifs is 1. The molecule has 1 aliphatic carbocycles. The molecule has 5 rings (SSSR count). The van der Waals surface area contributed by atoms with Crippen LogP contribution in [0.25, 0.3) is 10.8 Å². The molecule has 158 valence electrons. The summed E-state index contributed by atoms with van der Waals surface area (Å²) in [6.07, 6.45) is 7.53. The van der Waals surface area contributed by atoms with E-state index in [0.29, 0.717) is 5.91 Å². The maximum absolute atomic E-state index is 13.3. The molecule has 1 spiro atoms. The van der Waals surface area contributed by atoms with Gasteiger partial charge in [-0.05, 0) is 42.5 Å². The van der Waals surface area contributed by atoms with Crippen LogP contribution in [0.1, 0.15) is 55.3 Å². The average molecular weight is 423 g/mol. The van der Waals surface area contributed by atoms with E-state index in [-0.39, 0.29) is 16.7 Å².